The number of nitrogens with zero attached hydrogens (tertiary/aromatic N) is 4. The zero-order chi connectivity index (χ0) is 17.8. The third-order valence-electron chi connectivity index (χ3n) is 3.95. The minimum absolute atomic E-state index is 0.151. The van der Waals surface area contributed by atoms with Crippen LogP contribution in [0.2, 0.25) is 0 Å². The summed E-state index contributed by atoms with van der Waals surface area (Å²) < 4.78 is 9.46. The number of carbonyl (C=O) groups is 2. The van der Waals surface area contributed by atoms with Gasteiger partial charge in [-0.2, -0.15) is 0 Å². The van der Waals surface area contributed by atoms with Gasteiger partial charge in [-0.3, -0.25) is 10.2 Å². The summed E-state index contributed by atoms with van der Waals surface area (Å²) in [6.45, 7) is 4.05. The SMILES string of the molecule is CCN1CCCN(C(=O)Nc2ccon2)c2nc(C(=O)OC)ccc21. The molecule has 0 radical (unpaired) electrons. The van der Waals surface area contributed by atoms with Gasteiger partial charge in [-0.05, 0) is 25.5 Å². The molecule has 0 unspecified atom stereocenters. The van der Waals surface area contributed by atoms with E-state index >= 15 is 0 Å². The van der Waals surface area contributed by atoms with Crippen LogP contribution in [0.4, 0.5) is 22.1 Å². The van der Waals surface area contributed by atoms with Crippen LogP contribution in [0.25, 0.3) is 0 Å². The Balaban J connectivity index is 1.98. The molecule has 0 spiro atoms. The van der Waals surface area contributed by atoms with Gasteiger partial charge >= 0.3 is 12.0 Å². The summed E-state index contributed by atoms with van der Waals surface area (Å²) in [4.78, 5) is 32.5. The van der Waals surface area contributed by atoms with Crippen molar-refractivity contribution in [3.05, 3.63) is 30.2 Å². The first kappa shape index (κ1) is 16.7. The third kappa shape index (κ3) is 3.39. The number of fused-ring (bicyclic) bond motifs is 1. The maximum Gasteiger partial charge on any atom is 0.356 e. The predicted molar refractivity (Wildman–Crippen MR) is 90.9 cm³/mol. The van der Waals surface area contributed by atoms with E-state index in [1.165, 1.54) is 18.3 Å². The van der Waals surface area contributed by atoms with Gasteiger partial charge in [0.1, 0.15) is 6.26 Å². The van der Waals surface area contributed by atoms with Crippen LogP contribution in [0.5, 0.6) is 0 Å². The van der Waals surface area contributed by atoms with Crippen LogP contribution in [0.1, 0.15) is 23.8 Å². The molecule has 0 saturated carbocycles. The van der Waals surface area contributed by atoms with Crippen LogP contribution in [-0.2, 0) is 4.74 Å². The molecule has 9 heteroatoms. The highest BCUT2D eigenvalue weighted by Gasteiger charge is 2.27. The van der Waals surface area contributed by atoms with Crippen molar-refractivity contribution in [1.29, 1.82) is 0 Å². The van der Waals surface area contributed by atoms with Crippen LogP contribution in [0.3, 0.4) is 0 Å². The van der Waals surface area contributed by atoms with Crippen molar-refractivity contribution in [2.45, 2.75) is 13.3 Å². The molecule has 1 aliphatic rings. The molecule has 9 nitrogen and oxygen atoms in total. The number of ether oxygens (including phenoxy) is 1. The van der Waals surface area contributed by atoms with E-state index in [9.17, 15) is 9.59 Å². The van der Waals surface area contributed by atoms with E-state index in [4.69, 9.17) is 9.26 Å². The van der Waals surface area contributed by atoms with Gasteiger partial charge < -0.3 is 14.2 Å². The summed E-state index contributed by atoms with van der Waals surface area (Å²) in [7, 11) is 1.29. The number of anilines is 3. The fourth-order valence-corrected chi connectivity index (χ4v) is 2.73. The molecule has 0 aromatic carbocycles. The topological polar surface area (TPSA) is 101 Å². The molecule has 2 aromatic rings. The first-order chi connectivity index (χ1) is 12.1. The van der Waals surface area contributed by atoms with E-state index in [1.807, 2.05) is 6.92 Å². The lowest BCUT2D eigenvalue weighted by atomic mass is 10.2. The van der Waals surface area contributed by atoms with Crippen LogP contribution in [0, 0.1) is 0 Å². The average molecular weight is 345 g/mol. The van der Waals surface area contributed by atoms with Gasteiger partial charge in [0.25, 0.3) is 0 Å². The van der Waals surface area contributed by atoms with E-state index < -0.39 is 5.97 Å². The number of esters is 1. The zero-order valence-corrected chi connectivity index (χ0v) is 14.1. The van der Waals surface area contributed by atoms with E-state index in [0.29, 0.717) is 18.2 Å². The molecule has 25 heavy (non-hydrogen) atoms. The molecule has 1 N–H and O–H groups in total. The van der Waals surface area contributed by atoms with Gasteiger partial charge in [-0.1, -0.05) is 5.16 Å². The minimum Gasteiger partial charge on any atom is -0.464 e. The highest BCUT2D eigenvalue weighted by atomic mass is 16.5. The van der Waals surface area contributed by atoms with E-state index in [-0.39, 0.29) is 11.7 Å². The second-order valence-corrected chi connectivity index (χ2v) is 5.43. The number of methoxy groups -OCH3 is 1. The largest absolute Gasteiger partial charge is 0.464 e. The maximum atomic E-state index is 12.7. The van der Waals surface area contributed by atoms with Crippen molar-refractivity contribution in [3.8, 4) is 0 Å². The molecule has 3 rings (SSSR count). The number of rotatable bonds is 3. The number of carbonyl (C=O) groups excluding carboxylic acids is 2. The highest BCUT2D eigenvalue weighted by Crippen LogP contribution is 2.31. The Morgan fingerprint density at radius 1 is 1.32 bits per heavy atom. The summed E-state index contributed by atoms with van der Waals surface area (Å²) in [5, 5.41) is 6.35. The number of urea groups is 1. The quantitative estimate of drug-likeness (QED) is 0.850. The molecule has 2 aromatic heterocycles. The number of hydrogen-bond donors (Lipinski definition) is 1. The predicted octanol–water partition coefficient (Wildman–Crippen LogP) is 2.12. The summed E-state index contributed by atoms with van der Waals surface area (Å²) in [5.41, 5.74) is 0.946. The second-order valence-electron chi connectivity index (χ2n) is 5.43. The van der Waals surface area contributed by atoms with Gasteiger partial charge in [0.05, 0.1) is 12.8 Å². The third-order valence-corrected chi connectivity index (χ3v) is 3.95. The minimum atomic E-state index is -0.549. The lowest BCUT2D eigenvalue weighted by Crippen LogP contribution is -2.36. The molecular formula is C16H19N5O4. The average Bonchev–Trinajstić information content (AvgIpc) is 3.06. The molecule has 0 fully saturated rings. The van der Waals surface area contributed by atoms with Crippen molar-refractivity contribution in [2.24, 2.45) is 0 Å². The number of aromatic nitrogens is 2. The van der Waals surface area contributed by atoms with Crippen molar-refractivity contribution in [3.63, 3.8) is 0 Å². The van der Waals surface area contributed by atoms with Crippen LogP contribution < -0.4 is 15.1 Å². The summed E-state index contributed by atoms with van der Waals surface area (Å²) >= 11 is 0. The Bertz CT molecular complexity index is 762. The molecular weight excluding hydrogens is 326 g/mol. The highest BCUT2D eigenvalue weighted by molar-refractivity contribution is 6.03. The standard InChI is InChI=1S/C16H19N5O4/c1-3-20-8-4-9-21(16(23)18-13-7-10-25-19-13)14-12(20)6-5-11(17-14)15(22)24-2/h5-7,10H,3-4,8-9H2,1-2H3,(H,18,19,23). The van der Waals surface area contributed by atoms with Crippen molar-refractivity contribution in [2.75, 3.05) is 41.9 Å². The van der Waals surface area contributed by atoms with Gasteiger partial charge in [0.2, 0.25) is 0 Å². The zero-order valence-electron chi connectivity index (χ0n) is 14.1. The fraction of sp³-hybridized carbons (Fsp3) is 0.375. The van der Waals surface area contributed by atoms with Crippen molar-refractivity contribution >= 4 is 29.3 Å². The smallest absolute Gasteiger partial charge is 0.356 e. The first-order valence-electron chi connectivity index (χ1n) is 7.97. The Hall–Kier alpha value is -3.10. The Morgan fingerprint density at radius 3 is 2.84 bits per heavy atom. The molecule has 2 amide bonds. The van der Waals surface area contributed by atoms with Crippen molar-refractivity contribution < 1.29 is 18.8 Å². The fourth-order valence-electron chi connectivity index (χ4n) is 2.73. The molecule has 0 atom stereocenters. The van der Waals surface area contributed by atoms with Gasteiger partial charge in [0.15, 0.2) is 17.3 Å². The monoisotopic (exact) mass is 345 g/mol. The molecule has 0 bridgehead atoms. The molecule has 0 saturated heterocycles. The normalized spacial score (nSPS) is 13.8. The van der Waals surface area contributed by atoms with E-state index in [2.05, 4.69) is 20.4 Å². The molecule has 132 valence electrons. The van der Waals surface area contributed by atoms with Gasteiger partial charge in [0, 0.05) is 25.7 Å². The number of nitrogens with one attached hydrogen (secondary N) is 1. The first-order valence-corrected chi connectivity index (χ1v) is 7.97. The second kappa shape index (κ2) is 7.20. The lowest BCUT2D eigenvalue weighted by molar-refractivity contribution is 0.0594. The van der Waals surface area contributed by atoms with E-state index in [0.717, 1.165) is 25.2 Å². The number of pyridine rings is 1. The number of hydrogen-bond acceptors (Lipinski definition) is 7. The molecule has 0 aliphatic carbocycles. The van der Waals surface area contributed by atoms with Gasteiger partial charge in [-0.15, -0.1) is 0 Å². The van der Waals surface area contributed by atoms with Crippen molar-refractivity contribution in [1.82, 2.24) is 10.1 Å². The Labute approximate surface area is 144 Å². The lowest BCUT2D eigenvalue weighted by Gasteiger charge is -2.25. The number of amides is 2. The van der Waals surface area contributed by atoms with Gasteiger partial charge in [-0.25, -0.2) is 14.6 Å². The summed E-state index contributed by atoms with van der Waals surface area (Å²) in [5.74, 6) is 0.183. The molecule has 1 aliphatic heterocycles. The van der Waals surface area contributed by atoms with Crippen LogP contribution >= 0.6 is 0 Å². The van der Waals surface area contributed by atoms with Crippen LogP contribution in [-0.4, -0.2) is 48.9 Å². The van der Waals surface area contributed by atoms with Crippen LogP contribution in [0.15, 0.2) is 29.0 Å². The molecule has 3 heterocycles. The Kier molecular flexibility index (Phi) is 4.82. The summed E-state index contributed by atoms with van der Waals surface area (Å²) in [6, 6.07) is 4.56. The Morgan fingerprint density at radius 2 is 2.16 bits per heavy atom. The van der Waals surface area contributed by atoms with E-state index in [1.54, 1.807) is 18.2 Å². The maximum absolute atomic E-state index is 12.7. The summed E-state index contributed by atoms with van der Waals surface area (Å²) in [6.07, 6.45) is 2.14.